The summed E-state index contributed by atoms with van der Waals surface area (Å²) in [5.74, 6) is 0.137. The minimum atomic E-state index is -4.41. The number of carbonyl (C=O) groups is 1. The van der Waals surface area contributed by atoms with E-state index < -0.39 is 17.6 Å². The first-order valence-corrected chi connectivity index (χ1v) is 7.86. The van der Waals surface area contributed by atoms with E-state index >= 15 is 0 Å². The summed E-state index contributed by atoms with van der Waals surface area (Å²) in [5.41, 5.74) is -0.611. The fraction of sp³-hybridized carbons (Fsp3) is 0.500. The molecule has 0 atom stereocenters. The molecular weight excluding hydrogens is 464 g/mol. The summed E-state index contributed by atoms with van der Waals surface area (Å²) in [4.78, 5) is 15.9. The highest BCUT2D eigenvalue weighted by atomic mass is 127. The van der Waals surface area contributed by atoms with Crippen LogP contribution in [0.3, 0.4) is 0 Å². The van der Waals surface area contributed by atoms with E-state index in [0.29, 0.717) is 38.8 Å². The highest BCUT2D eigenvalue weighted by Gasteiger charge is 2.30. The van der Waals surface area contributed by atoms with Gasteiger partial charge in [-0.05, 0) is 31.2 Å². The molecule has 0 radical (unpaired) electrons. The van der Waals surface area contributed by atoms with Crippen LogP contribution >= 0.6 is 24.0 Å². The Hall–Kier alpha value is -1.56. The van der Waals surface area contributed by atoms with Gasteiger partial charge in [0.25, 0.3) is 5.91 Å². The normalized spacial score (nSPS) is 11.5. The topological polar surface area (TPSA) is 74.8 Å². The number of aliphatic imine (C=N–C) groups is 1. The molecule has 6 nitrogen and oxygen atoms in total. The molecule has 148 valence electrons. The third-order valence-corrected chi connectivity index (χ3v) is 3.14. The molecule has 0 spiro atoms. The Labute approximate surface area is 168 Å². The maximum atomic E-state index is 12.5. The van der Waals surface area contributed by atoms with E-state index in [4.69, 9.17) is 4.74 Å². The summed E-state index contributed by atoms with van der Waals surface area (Å²) < 4.78 is 42.6. The molecule has 0 aliphatic heterocycles. The smallest absolute Gasteiger partial charge is 0.380 e. The number of guanidine groups is 1. The van der Waals surface area contributed by atoms with E-state index in [1.54, 1.807) is 7.05 Å². The van der Waals surface area contributed by atoms with E-state index in [9.17, 15) is 18.0 Å². The number of amides is 1. The lowest BCUT2D eigenvalue weighted by atomic mass is 10.1. The van der Waals surface area contributed by atoms with Crippen LogP contribution in [0.2, 0.25) is 0 Å². The van der Waals surface area contributed by atoms with E-state index in [0.717, 1.165) is 24.3 Å². The van der Waals surface area contributed by atoms with Gasteiger partial charge in [0.2, 0.25) is 0 Å². The second-order valence-electron chi connectivity index (χ2n) is 4.95. The molecule has 3 N–H and O–H groups in total. The molecular formula is C16H24F3IN4O2. The van der Waals surface area contributed by atoms with Crippen molar-refractivity contribution >= 4 is 35.8 Å². The number of hydrogen-bond acceptors (Lipinski definition) is 3. The summed E-state index contributed by atoms with van der Waals surface area (Å²) >= 11 is 0. The van der Waals surface area contributed by atoms with Crippen molar-refractivity contribution in [1.82, 2.24) is 16.0 Å². The minimum Gasteiger partial charge on any atom is -0.380 e. The van der Waals surface area contributed by atoms with E-state index in [1.165, 1.54) is 0 Å². The van der Waals surface area contributed by atoms with Crippen LogP contribution in [0.4, 0.5) is 13.2 Å². The quantitative estimate of drug-likeness (QED) is 0.227. The van der Waals surface area contributed by atoms with Crippen LogP contribution < -0.4 is 16.0 Å². The van der Waals surface area contributed by atoms with Gasteiger partial charge in [-0.1, -0.05) is 0 Å². The number of nitrogens with zero attached hydrogens (tertiary/aromatic N) is 1. The molecule has 0 bridgehead atoms. The van der Waals surface area contributed by atoms with Crippen LogP contribution in [0.1, 0.15) is 22.8 Å². The van der Waals surface area contributed by atoms with E-state index in [-0.39, 0.29) is 29.5 Å². The number of alkyl halides is 3. The van der Waals surface area contributed by atoms with Gasteiger partial charge in [0.15, 0.2) is 5.96 Å². The van der Waals surface area contributed by atoms with Gasteiger partial charge < -0.3 is 20.7 Å². The Morgan fingerprint density at radius 3 is 2.19 bits per heavy atom. The van der Waals surface area contributed by atoms with Crippen molar-refractivity contribution in [3.05, 3.63) is 35.4 Å². The largest absolute Gasteiger partial charge is 0.416 e. The molecule has 0 unspecified atom stereocenters. The first kappa shape index (κ1) is 24.4. The number of nitrogens with one attached hydrogen (secondary N) is 3. The summed E-state index contributed by atoms with van der Waals surface area (Å²) in [7, 11) is 1.62. The first-order chi connectivity index (χ1) is 11.9. The summed E-state index contributed by atoms with van der Waals surface area (Å²) in [6.45, 7) is 4.43. The van der Waals surface area contributed by atoms with Crippen LogP contribution in [0.15, 0.2) is 29.3 Å². The van der Waals surface area contributed by atoms with Crippen molar-refractivity contribution in [3.63, 3.8) is 0 Å². The van der Waals surface area contributed by atoms with Crippen LogP contribution in [0, 0.1) is 0 Å². The van der Waals surface area contributed by atoms with Crippen LogP contribution in [-0.4, -0.2) is 51.8 Å². The van der Waals surface area contributed by atoms with Gasteiger partial charge in [-0.25, -0.2) is 0 Å². The van der Waals surface area contributed by atoms with Crippen molar-refractivity contribution in [2.75, 3.05) is 39.9 Å². The van der Waals surface area contributed by atoms with Gasteiger partial charge in [0, 0.05) is 38.9 Å². The SMILES string of the molecule is CCOCCNC(=NC)NCCNC(=O)c1ccc(C(F)(F)F)cc1.I. The molecule has 1 rings (SSSR count). The van der Waals surface area contributed by atoms with E-state index in [2.05, 4.69) is 20.9 Å². The number of hydrogen-bond donors (Lipinski definition) is 3. The number of ether oxygens (including phenoxy) is 1. The molecule has 0 fully saturated rings. The number of benzene rings is 1. The lowest BCUT2D eigenvalue weighted by Crippen LogP contribution is -2.42. The molecule has 1 aromatic rings. The van der Waals surface area contributed by atoms with Gasteiger partial charge in [0.05, 0.1) is 12.2 Å². The standard InChI is InChI=1S/C16H23F3N4O2.HI/c1-3-25-11-10-23-15(20-2)22-9-8-21-14(24)12-4-6-13(7-5-12)16(17,18)19;/h4-7H,3,8-11H2,1-2H3,(H,21,24)(H2,20,22,23);1H. The van der Waals surface area contributed by atoms with Crippen LogP contribution in [-0.2, 0) is 10.9 Å². The molecule has 1 amide bonds. The van der Waals surface area contributed by atoms with Gasteiger partial charge in [0.1, 0.15) is 0 Å². The summed E-state index contributed by atoms with van der Waals surface area (Å²) in [5, 5.41) is 8.66. The fourth-order valence-corrected chi connectivity index (χ4v) is 1.88. The molecule has 0 saturated heterocycles. The van der Waals surface area contributed by atoms with Crippen molar-refractivity contribution < 1.29 is 22.7 Å². The highest BCUT2D eigenvalue weighted by Crippen LogP contribution is 2.28. The average molecular weight is 488 g/mol. The molecule has 1 aromatic carbocycles. The number of halogens is 4. The lowest BCUT2D eigenvalue weighted by Gasteiger charge is -2.12. The first-order valence-electron chi connectivity index (χ1n) is 7.86. The predicted molar refractivity (Wildman–Crippen MR) is 105 cm³/mol. The van der Waals surface area contributed by atoms with Gasteiger partial charge in [-0.3, -0.25) is 9.79 Å². The number of carbonyl (C=O) groups excluding carboxylic acids is 1. The van der Waals surface area contributed by atoms with Crippen LogP contribution in [0.25, 0.3) is 0 Å². The monoisotopic (exact) mass is 488 g/mol. The molecule has 0 heterocycles. The van der Waals surface area contributed by atoms with Crippen molar-refractivity contribution in [2.24, 2.45) is 4.99 Å². The number of rotatable bonds is 8. The van der Waals surface area contributed by atoms with Crippen molar-refractivity contribution in [1.29, 1.82) is 0 Å². The second kappa shape index (κ2) is 12.7. The molecule has 26 heavy (non-hydrogen) atoms. The summed E-state index contributed by atoms with van der Waals surface area (Å²) in [6.07, 6.45) is -4.41. The Balaban J connectivity index is 0.00000625. The second-order valence-corrected chi connectivity index (χ2v) is 4.95. The maximum Gasteiger partial charge on any atom is 0.416 e. The van der Waals surface area contributed by atoms with Crippen molar-refractivity contribution in [3.8, 4) is 0 Å². The molecule has 0 aromatic heterocycles. The maximum absolute atomic E-state index is 12.5. The van der Waals surface area contributed by atoms with Crippen LogP contribution in [0.5, 0.6) is 0 Å². The Morgan fingerprint density at radius 2 is 1.65 bits per heavy atom. The third kappa shape index (κ3) is 9.22. The molecule has 0 aliphatic carbocycles. The molecule has 10 heteroatoms. The van der Waals surface area contributed by atoms with Gasteiger partial charge in [-0.2, -0.15) is 13.2 Å². The Bertz CT molecular complexity index is 566. The van der Waals surface area contributed by atoms with E-state index in [1.807, 2.05) is 6.92 Å². The predicted octanol–water partition coefficient (Wildman–Crippen LogP) is 2.25. The zero-order chi connectivity index (χ0) is 18.7. The zero-order valence-corrected chi connectivity index (χ0v) is 17.0. The van der Waals surface area contributed by atoms with Gasteiger partial charge in [-0.15, -0.1) is 24.0 Å². The lowest BCUT2D eigenvalue weighted by molar-refractivity contribution is -0.137. The molecule has 0 saturated carbocycles. The third-order valence-electron chi connectivity index (χ3n) is 3.14. The highest BCUT2D eigenvalue weighted by molar-refractivity contribution is 14.0. The molecule has 0 aliphatic rings. The fourth-order valence-electron chi connectivity index (χ4n) is 1.88. The summed E-state index contributed by atoms with van der Waals surface area (Å²) in [6, 6.07) is 4.08. The van der Waals surface area contributed by atoms with Crippen molar-refractivity contribution in [2.45, 2.75) is 13.1 Å². The average Bonchev–Trinajstić information content (AvgIpc) is 2.59. The Kier molecular flexibility index (Phi) is 12.0. The minimum absolute atomic E-state index is 0. The Morgan fingerprint density at radius 1 is 1.08 bits per heavy atom. The zero-order valence-electron chi connectivity index (χ0n) is 14.7. The van der Waals surface area contributed by atoms with Gasteiger partial charge >= 0.3 is 6.18 Å².